The van der Waals surface area contributed by atoms with Gasteiger partial charge in [0.1, 0.15) is 5.82 Å². The van der Waals surface area contributed by atoms with Gasteiger partial charge in [-0.15, -0.1) is 0 Å². The van der Waals surface area contributed by atoms with Crippen molar-refractivity contribution in [1.82, 2.24) is 4.98 Å². The summed E-state index contributed by atoms with van der Waals surface area (Å²) in [6.07, 6.45) is 1.34. The molecule has 2 rings (SSSR count). The van der Waals surface area contributed by atoms with E-state index in [1.807, 2.05) is 13.0 Å². The standard InChI is InChI=1S/C13H11Cl2N3O/c1-7-2-3-8(14)4-11(7)18-13(19)9-5-12(16)17-6-10(9)15/h2-6H,1H3,(H2,16,17)(H,18,19). The lowest BCUT2D eigenvalue weighted by Crippen LogP contribution is -2.14. The van der Waals surface area contributed by atoms with Gasteiger partial charge in [-0.1, -0.05) is 29.3 Å². The summed E-state index contributed by atoms with van der Waals surface area (Å²) in [5.74, 6) is -0.123. The minimum atomic E-state index is -0.357. The third-order valence-corrected chi connectivity index (χ3v) is 3.11. The van der Waals surface area contributed by atoms with Gasteiger partial charge in [0.15, 0.2) is 0 Å². The molecule has 3 N–H and O–H groups in total. The van der Waals surface area contributed by atoms with E-state index in [0.29, 0.717) is 10.7 Å². The molecule has 1 heterocycles. The van der Waals surface area contributed by atoms with E-state index in [-0.39, 0.29) is 22.3 Å². The number of carbonyl (C=O) groups excluding carboxylic acids is 1. The van der Waals surface area contributed by atoms with Crippen LogP contribution in [0, 0.1) is 6.92 Å². The van der Waals surface area contributed by atoms with Crippen molar-refractivity contribution in [1.29, 1.82) is 0 Å². The molecule has 0 saturated heterocycles. The molecule has 4 nitrogen and oxygen atoms in total. The van der Waals surface area contributed by atoms with Crippen LogP contribution >= 0.6 is 23.2 Å². The number of nitrogens with zero attached hydrogens (tertiary/aromatic N) is 1. The molecule has 0 unspecified atom stereocenters. The first-order chi connectivity index (χ1) is 8.97. The Kier molecular flexibility index (Phi) is 3.93. The molecule has 0 spiro atoms. The number of nitrogen functional groups attached to an aromatic ring is 1. The largest absolute Gasteiger partial charge is 0.384 e. The van der Waals surface area contributed by atoms with Gasteiger partial charge in [0, 0.05) is 16.9 Å². The van der Waals surface area contributed by atoms with Crippen molar-refractivity contribution in [3.8, 4) is 0 Å². The Labute approximate surface area is 120 Å². The lowest BCUT2D eigenvalue weighted by Gasteiger charge is -2.10. The van der Waals surface area contributed by atoms with Crippen LogP contribution in [0.1, 0.15) is 15.9 Å². The average Bonchev–Trinajstić information content (AvgIpc) is 2.36. The van der Waals surface area contributed by atoms with Crippen molar-refractivity contribution in [3.63, 3.8) is 0 Å². The summed E-state index contributed by atoms with van der Waals surface area (Å²) >= 11 is 11.8. The molecule has 0 aliphatic heterocycles. The number of nitrogens with two attached hydrogens (primary N) is 1. The van der Waals surface area contributed by atoms with E-state index in [1.54, 1.807) is 12.1 Å². The van der Waals surface area contributed by atoms with E-state index in [1.165, 1.54) is 12.3 Å². The van der Waals surface area contributed by atoms with Crippen LogP contribution in [0.3, 0.4) is 0 Å². The van der Waals surface area contributed by atoms with Gasteiger partial charge < -0.3 is 11.1 Å². The minimum absolute atomic E-state index is 0.234. The second kappa shape index (κ2) is 5.47. The maximum absolute atomic E-state index is 12.1. The Morgan fingerprint density at radius 2 is 2.05 bits per heavy atom. The Hall–Kier alpha value is -1.78. The van der Waals surface area contributed by atoms with Crippen LogP contribution in [0.25, 0.3) is 0 Å². The Balaban J connectivity index is 2.30. The van der Waals surface area contributed by atoms with Crippen LogP contribution in [0.4, 0.5) is 11.5 Å². The molecule has 1 aromatic carbocycles. The third-order valence-electron chi connectivity index (χ3n) is 2.57. The summed E-state index contributed by atoms with van der Waals surface area (Å²) in [4.78, 5) is 15.9. The highest BCUT2D eigenvalue weighted by Crippen LogP contribution is 2.23. The average molecular weight is 296 g/mol. The Morgan fingerprint density at radius 3 is 2.79 bits per heavy atom. The number of aryl methyl sites for hydroxylation is 1. The summed E-state index contributed by atoms with van der Waals surface area (Å²) in [5.41, 5.74) is 7.34. The number of amides is 1. The maximum Gasteiger partial charge on any atom is 0.257 e. The van der Waals surface area contributed by atoms with E-state index in [4.69, 9.17) is 28.9 Å². The lowest BCUT2D eigenvalue weighted by molar-refractivity contribution is 0.102. The van der Waals surface area contributed by atoms with Gasteiger partial charge in [-0.25, -0.2) is 4.98 Å². The predicted molar refractivity (Wildman–Crippen MR) is 77.8 cm³/mol. The molecule has 0 atom stereocenters. The number of pyridine rings is 1. The number of hydrogen-bond donors (Lipinski definition) is 2. The number of hydrogen-bond acceptors (Lipinski definition) is 3. The quantitative estimate of drug-likeness (QED) is 0.890. The number of carbonyl (C=O) groups is 1. The van der Waals surface area contributed by atoms with Gasteiger partial charge in [0.25, 0.3) is 5.91 Å². The van der Waals surface area contributed by atoms with Crippen molar-refractivity contribution in [2.75, 3.05) is 11.1 Å². The van der Waals surface area contributed by atoms with Crippen LogP contribution in [-0.2, 0) is 0 Å². The Morgan fingerprint density at radius 1 is 1.32 bits per heavy atom. The van der Waals surface area contributed by atoms with Crippen LogP contribution < -0.4 is 11.1 Å². The molecule has 1 aromatic heterocycles. The van der Waals surface area contributed by atoms with Crippen molar-refractivity contribution in [2.45, 2.75) is 6.92 Å². The summed E-state index contributed by atoms with van der Waals surface area (Å²) in [7, 11) is 0. The summed E-state index contributed by atoms with van der Waals surface area (Å²) in [6, 6.07) is 6.68. The molecule has 0 saturated carbocycles. The van der Waals surface area contributed by atoms with E-state index in [9.17, 15) is 4.79 Å². The van der Waals surface area contributed by atoms with Crippen LogP contribution in [0.2, 0.25) is 10.0 Å². The molecule has 0 radical (unpaired) electrons. The summed E-state index contributed by atoms with van der Waals surface area (Å²) in [5, 5.41) is 3.53. The highest BCUT2D eigenvalue weighted by Gasteiger charge is 2.13. The molecular formula is C13H11Cl2N3O. The van der Waals surface area contributed by atoms with E-state index in [2.05, 4.69) is 10.3 Å². The van der Waals surface area contributed by atoms with Crippen molar-refractivity contribution < 1.29 is 4.79 Å². The van der Waals surface area contributed by atoms with Crippen LogP contribution in [-0.4, -0.2) is 10.9 Å². The zero-order valence-corrected chi connectivity index (χ0v) is 11.6. The molecule has 98 valence electrons. The highest BCUT2D eigenvalue weighted by atomic mass is 35.5. The van der Waals surface area contributed by atoms with Gasteiger partial charge in [0.2, 0.25) is 0 Å². The monoisotopic (exact) mass is 295 g/mol. The van der Waals surface area contributed by atoms with Crippen molar-refractivity contribution in [3.05, 3.63) is 51.6 Å². The molecule has 6 heteroatoms. The fourth-order valence-electron chi connectivity index (χ4n) is 1.55. The second-order valence-electron chi connectivity index (χ2n) is 4.00. The fourth-order valence-corrected chi connectivity index (χ4v) is 1.91. The normalized spacial score (nSPS) is 10.3. The smallest absolute Gasteiger partial charge is 0.257 e. The third kappa shape index (κ3) is 3.16. The Bertz CT molecular complexity index is 644. The van der Waals surface area contributed by atoms with E-state index < -0.39 is 0 Å². The molecular weight excluding hydrogens is 285 g/mol. The van der Waals surface area contributed by atoms with Crippen molar-refractivity contribution >= 4 is 40.6 Å². The number of aromatic nitrogens is 1. The van der Waals surface area contributed by atoms with Crippen LogP contribution in [0.5, 0.6) is 0 Å². The van der Waals surface area contributed by atoms with Crippen molar-refractivity contribution in [2.24, 2.45) is 0 Å². The zero-order chi connectivity index (χ0) is 14.0. The zero-order valence-electron chi connectivity index (χ0n) is 10.1. The topological polar surface area (TPSA) is 68.0 Å². The lowest BCUT2D eigenvalue weighted by atomic mass is 10.2. The van der Waals surface area contributed by atoms with Gasteiger partial charge in [-0.3, -0.25) is 4.79 Å². The minimum Gasteiger partial charge on any atom is -0.384 e. The molecule has 0 aliphatic carbocycles. The number of anilines is 2. The van der Waals surface area contributed by atoms with E-state index >= 15 is 0 Å². The van der Waals surface area contributed by atoms with Gasteiger partial charge in [-0.2, -0.15) is 0 Å². The molecule has 0 aliphatic rings. The molecule has 19 heavy (non-hydrogen) atoms. The SMILES string of the molecule is Cc1ccc(Cl)cc1NC(=O)c1cc(N)ncc1Cl. The maximum atomic E-state index is 12.1. The van der Waals surface area contributed by atoms with E-state index in [0.717, 1.165) is 5.56 Å². The molecule has 0 bridgehead atoms. The van der Waals surface area contributed by atoms with Gasteiger partial charge >= 0.3 is 0 Å². The second-order valence-corrected chi connectivity index (χ2v) is 4.85. The van der Waals surface area contributed by atoms with Crippen LogP contribution in [0.15, 0.2) is 30.5 Å². The summed E-state index contributed by atoms with van der Waals surface area (Å²) in [6.45, 7) is 1.87. The highest BCUT2D eigenvalue weighted by molar-refractivity contribution is 6.34. The predicted octanol–water partition coefficient (Wildman–Crippen LogP) is 3.53. The van der Waals surface area contributed by atoms with Gasteiger partial charge in [0.05, 0.1) is 10.6 Å². The molecule has 0 fully saturated rings. The number of benzene rings is 1. The first kappa shape index (κ1) is 13.6. The number of rotatable bonds is 2. The molecule has 2 aromatic rings. The first-order valence-electron chi connectivity index (χ1n) is 5.46. The first-order valence-corrected chi connectivity index (χ1v) is 6.21. The number of halogens is 2. The fraction of sp³-hybridized carbons (Fsp3) is 0.0769. The summed E-state index contributed by atoms with van der Waals surface area (Å²) < 4.78 is 0. The number of nitrogens with one attached hydrogen (secondary N) is 1. The van der Waals surface area contributed by atoms with Gasteiger partial charge in [-0.05, 0) is 30.7 Å². The molecule has 1 amide bonds.